The molecule has 1 saturated heterocycles. The normalized spacial score (nSPS) is 17.1. The second-order valence-electron chi connectivity index (χ2n) is 5.47. The Morgan fingerprint density at radius 1 is 1.22 bits per heavy atom. The molecule has 100 valence electrons. The van der Waals surface area contributed by atoms with Crippen molar-refractivity contribution < 1.29 is 0 Å². The molecular weight excluding hydrogens is 220 g/mol. The lowest BCUT2D eigenvalue weighted by molar-refractivity contribution is 0.500. The number of anilines is 1. The number of hydrogen-bond acceptors (Lipinski definition) is 2. The van der Waals surface area contributed by atoms with Gasteiger partial charge in [0.05, 0.1) is 0 Å². The Bertz CT molecular complexity index is 356. The minimum absolute atomic E-state index is 0.768. The molecule has 1 fully saturated rings. The van der Waals surface area contributed by atoms with Crippen molar-refractivity contribution in [1.82, 2.24) is 5.32 Å². The summed E-state index contributed by atoms with van der Waals surface area (Å²) in [6.07, 6.45) is 3.93. The number of para-hydroxylation sites is 1. The van der Waals surface area contributed by atoms with Crippen LogP contribution >= 0.6 is 0 Å². The van der Waals surface area contributed by atoms with Crippen LogP contribution in [0.2, 0.25) is 0 Å². The molecule has 2 heteroatoms. The third kappa shape index (κ3) is 3.49. The highest BCUT2D eigenvalue weighted by molar-refractivity contribution is 5.54. The summed E-state index contributed by atoms with van der Waals surface area (Å²) < 4.78 is 0. The van der Waals surface area contributed by atoms with Gasteiger partial charge in [0.2, 0.25) is 0 Å². The first kappa shape index (κ1) is 13.4. The van der Waals surface area contributed by atoms with Gasteiger partial charge in [0.1, 0.15) is 0 Å². The van der Waals surface area contributed by atoms with Gasteiger partial charge < -0.3 is 10.2 Å². The Hall–Kier alpha value is -1.02. The minimum Gasteiger partial charge on any atom is -0.371 e. The summed E-state index contributed by atoms with van der Waals surface area (Å²) >= 11 is 0. The van der Waals surface area contributed by atoms with E-state index in [-0.39, 0.29) is 0 Å². The van der Waals surface area contributed by atoms with Gasteiger partial charge in [-0.05, 0) is 36.9 Å². The van der Waals surface area contributed by atoms with E-state index >= 15 is 0 Å². The fourth-order valence-electron chi connectivity index (χ4n) is 2.52. The molecule has 1 atom stereocenters. The quantitative estimate of drug-likeness (QED) is 0.827. The lowest BCUT2D eigenvalue weighted by atomic mass is 10.1. The van der Waals surface area contributed by atoms with Crippen LogP contribution in [0.25, 0.3) is 0 Å². The third-order valence-corrected chi connectivity index (χ3v) is 3.94. The second-order valence-corrected chi connectivity index (χ2v) is 5.47. The van der Waals surface area contributed by atoms with Crippen LogP contribution in [0.5, 0.6) is 0 Å². The van der Waals surface area contributed by atoms with E-state index in [2.05, 4.69) is 48.3 Å². The van der Waals surface area contributed by atoms with Crippen molar-refractivity contribution >= 4 is 5.69 Å². The Kier molecular flexibility index (Phi) is 5.06. The van der Waals surface area contributed by atoms with Gasteiger partial charge in [-0.15, -0.1) is 0 Å². The van der Waals surface area contributed by atoms with Crippen LogP contribution in [-0.2, 0) is 6.54 Å². The lowest BCUT2D eigenvalue weighted by Gasteiger charge is -2.22. The van der Waals surface area contributed by atoms with Gasteiger partial charge in [-0.25, -0.2) is 0 Å². The van der Waals surface area contributed by atoms with Gasteiger partial charge >= 0.3 is 0 Å². The van der Waals surface area contributed by atoms with E-state index < -0.39 is 0 Å². The zero-order valence-corrected chi connectivity index (χ0v) is 11.8. The third-order valence-electron chi connectivity index (χ3n) is 3.94. The smallest absolute Gasteiger partial charge is 0.0411 e. The van der Waals surface area contributed by atoms with Crippen LogP contribution < -0.4 is 10.2 Å². The molecule has 2 nitrogen and oxygen atoms in total. The van der Waals surface area contributed by atoms with Crippen molar-refractivity contribution in [2.24, 2.45) is 5.92 Å². The molecule has 0 spiro atoms. The Balaban J connectivity index is 1.94. The maximum atomic E-state index is 3.59. The first-order valence-electron chi connectivity index (χ1n) is 7.35. The lowest BCUT2D eigenvalue weighted by Crippen LogP contribution is -2.24. The fourth-order valence-corrected chi connectivity index (χ4v) is 2.52. The molecule has 1 unspecified atom stereocenters. The van der Waals surface area contributed by atoms with Crippen LogP contribution in [0.4, 0.5) is 5.69 Å². The molecule has 2 rings (SSSR count). The number of nitrogens with one attached hydrogen (secondary N) is 1. The van der Waals surface area contributed by atoms with E-state index in [9.17, 15) is 0 Å². The summed E-state index contributed by atoms with van der Waals surface area (Å²) in [6.45, 7) is 9.12. The molecule has 1 N–H and O–H groups in total. The van der Waals surface area contributed by atoms with Crippen molar-refractivity contribution in [3.63, 3.8) is 0 Å². The SMILES string of the molecule is CCC(C)CNCc1ccccc1N1CCCC1. The maximum absolute atomic E-state index is 3.59. The fraction of sp³-hybridized carbons (Fsp3) is 0.625. The van der Waals surface area contributed by atoms with E-state index in [1.165, 1.54) is 43.6 Å². The van der Waals surface area contributed by atoms with E-state index in [0.29, 0.717) is 0 Å². The van der Waals surface area contributed by atoms with Gasteiger partial charge in [0, 0.05) is 25.3 Å². The summed E-state index contributed by atoms with van der Waals surface area (Å²) in [6, 6.07) is 8.84. The van der Waals surface area contributed by atoms with Crippen LogP contribution in [0.15, 0.2) is 24.3 Å². The van der Waals surface area contributed by atoms with E-state index in [1.807, 2.05) is 0 Å². The van der Waals surface area contributed by atoms with Gasteiger partial charge in [0.15, 0.2) is 0 Å². The van der Waals surface area contributed by atoms with Crippen molar-refractivity contribution in [2.45, 2.75) is 39.7 Å². The van der Waals surface area contributed by atoms with Crippen molar-refractivity contribution in [3.05, 3.63) is 29.8 Å². The molecule has 1 aromatic carbocycles. The monoisotopic (exact) mass is 246 g/mol. The molecule has 0 amide bonds. The maximum Gasteiger partial charge on any atom is 0.0411 e. The van der Waals surface area contributed by atoms with Crippen molar-refractivity contribution in [2.75, 3.05) is 24.5 Å². The standard InChI is InChI=1S/C16H26N2/c1-3-14(2)12-17-13-15-8-4-5-9-16(15)18-10-6-7-11-18/h4-5,8-9,14,17H,3,6-7,10-13H2,1-2H3. The number of rotatable bonds is 6. The largest absolute Gasteiger partial charge is 0.371 e. The topological polar surface area (TPSA) is 15.3 Å². The number of nitrogens with zero attached hydrogens (tertiary/aromatic N) is 1. The minimum atomic E-state index is 0.768. The second kappa shape index (κ2) is 6.79. The molecule has 0 aliphatic carbocycles. The molecule has 0 aromatic heterocycles. The Morgan fingerprint density at radius 2 is 1.94 bits per heavy atom. The molecule has 0 radical (unpaired) electrons. The van der Waals surface area contributed by atoms with E-state index in [1.54, 1.807) is 0 Å². The zero-order chi connectivity index (χ0) is 12.8. The van der Waals surface area contributed by atoms with Gasteiger partial charge in [-0.1, -0.05) is 38.5 Å². The Labute approximate surface area is 111 Å². The molecule has 18 heavy (non-hydrogen) atoms. The number of benzene rings is 1. The first-order valence-corrected chi connectivity index (χ1v) is 7.35. The highest BCUT2D eigenvalue weighted by Gasteiger charge is 2.14. The number of hydrogen-bond donors (Lipinski definition) is 1. The summed E-state index contributed by atoms with van der Waals surface area (Å²) in [5.41, 5.74) is 2.88. The molecule has 0 saturated carbocycles. The molecule has 0 bridgehead atoms. The molecule has 1 aliphatic rings. The first-order chi connectivity index (χ1) is 8.81. The molecule has 1 heterocycles. The van der Waals surface area contributed by atoms with Gasteiger partial charge in [0.25, 0.3) is 0 Å². The Morgan fingerprint density at radius 3 is 2.67 bits per heavy atom. The predicted molar refractivity (Wildman–Crippen MR) is 79.1 cm³/mol. The highest BCUT2D eigenvalue weighted by Crippen LogP contribution is 2.24. The van der Waals surface area contributed by atoms with Crippen LogP contribution in [0.1, 0.15) is 38.7 Å². The average molecular weight is 246 g/mol. The summed E-state index contributed by atoms with van der Waals surface area (Å²) in [7, 11) is 0. The van der Waals surface area contributed by atoms with Crippen molar-refractivity contribution in [3.8, 4) is 0 Å². The van der Waals surface area contributed by atoms with Crippen LogP contribution in [0, 0.1) is 5.92 Å². The summed E-state index contributed by atoms with van der Waals surface area (Å²) in [5.74, 6) is 0.768. The molecular formula is C16H26N2. The van der Waals surface area contributed by atoms with Crippen molar-refractivity contribution in [1.29, 1.82) is 0 Å². The van der Waals surface area contributed by atoms with Crippen LogP contribution in [-0.4, -0.2) is 19.6 Å². The van der Waals surface area contributed by atoms with Crippen LogP contribution in [0.3, 0.4) is 0 Å². The highest BCUT2D eigenvalue weighted by atomic mass is 15.1. The van der Waals surface area contributed by atoms with E-state index in [4.69, 9.17) is 0 Å². The van der Waals surface area contributed by atoms with Gasteiger partial charge in [-0.2, -0.15) is 0 Å². The van der Waals surface area contributed by atoms with Gasteiger partial charge in [-0.3, -0.25) is 0 Å². The molecule has 1 aliphatic heterocycles. The van der Waals surface area contributed by atoms with E-state index in [0.717, 1.165) is 19.0 Å². The molecule has 1 aromatic rings. The predicted octanol–water partition coefficient (Wildman–Crippen LogP) is 3.42. The summed E-state index contributed by atoms with van der Waals surface area (Å²) in [4.78, 5) is 2.53. The zero-order valence-electron chi connectivity index (χ0n) is 11.8. The average Bonchev–Trinajstić information content (AvgIpc) is 2.93. The summed E-state index contributed by atoms with van der Waals surface area (Å²) in [5, 5.41) is 3.59.